The maximum absolute atomic E-state index is 12.1. The summed E-state index contributed by atoms with van der Waals surface area (Å²) in [6.45, 7) is 3.99. The van der Waals surface area contributed by atoms with Crippen molar-refractivity contribution in [1.29, 1.82) is 0 Å². The molecule has 0 spiro atoms. The predicted octanol–water partition coefficient (Wildman–Crippen LogP) is 3.06. The molecule has 0 aliphatic heterocycles. The first-order chi connectivity index (χ1) is 10.6. The van der Waals surface area contributed by atoms with Crippen LogP contribution < -0.4 is 10.6 Å². The summed E-state index contributed by atoms with van der Waals surface area (Å²) >= 11 is 1.68. The Morgan fingerprint density at radius 2 is 2.32 bits per heavy atom. The van der Waals surface area contributed by atoms with Gasteiger partial charge >= 0.3 is 6.03 Å². The van der Waals surface area contributed by atoms with Crippen LogP contribution in [0.25, 0.3) is 0 Å². The Morgan fingerprint density at radius 1 is 1.50 bits per heavy atom. The zero-order valence-electron chi connectivity index (χ0n) is 13.3. The van der Waals surface area contributed by atoms with Crippen molar-refractivity contribution >= 4 is 28.2 Å². The largest absolute Gasteiger partial charge is 0.335 e. The van der Waals surface area contributed by atoms with Gasteiger partial charge in [-0.3, -0.25) is 4.21 Å². The molecule has 0 bridgehead atoms. The summed E-state index contributed by atoms with van der Waals surface area (Å²) < 4.78 is 11.9. The number of amides is 2. The highest BCUT2D eigenvalue weighted by atomic mass is 32.2. The number of thiophene rings is 1. The average Bonchev–Trinajstić information content (AvgIpc) is 2.99. The van der Waals surface area contributed by atoms with Crippen molar-refractivity contribution in [2.75, 3.05) is 5.75 Å². The molecule has 1 heterocycles. The zero-order chi connectivity index (χ0) is 15.9. The summed E-state index contributed by atoms with van der Waals surface area (Å²) in [6.07, 6.45) is 4.75. The normalized spacial score (nSPS) is 24.5. The highest BCUT2D eigenvalue weighted by molar-refractivity contribution is 7.85. The minimum Gasteiger partial charge on any atom is -0.335 e. The van der Waals surface area contributed by atoms with Crippen LogP contribution >= 0.6 is 11.3 Å². The lowest BCUT2D eigenvalue weighted by Crippen LogP contribution is -2.48. The molecular weight excluding hydrogens is 316 g/mol. The Balaban J connectivity index is 1.75. The molecule has 2 N–H and O–H groups in total. The molecular formula is C16H26N2O2S2. The summed E-state index contributed by atoms with van der Waals surface area (Å²) in [4.78, 5) is 12.1. The maximum atomic E-state index is 12.1. The van der Waals surface area contributed by atoms with Crippen LogP contribution in [0.5, 0.6) is 0 Å². The molecule has 4 atom stereocenters. The topological polar surface area (TPSA) is 58.2 Å². The van der Waals surface area contributed by atoms with E-state index in [2.05, 4.69) is 27.5 Å². The van der Waals surface area contributed by atoms with Crippen LogP contribution in [0.4, 0.5) is 4.79 Å². The number of carbonyl (C=O) groups is 1. The molecule has 1 aliphatic rings. The van der Waals surface area contributed by atoms with Crippen molar-refractivity contribution in [3.05, 3.63) is 22.4 Å². The zero-order valence-corrected chi connectivity index (χ0v) is 15.0. The fraction of sp³-hybridized carbons (Fsp3) is 0.688. The van der Waals surface area contributed by atoms with E-state index in [9.17, 15) is 9.00 Å². The first-order valence-electron chi connectivity index (χ1n) is 8.03. The summed E-state index contributed by atoms with van der Waals surface area (Å²) in [5, 5.41) is 10.5. The van der Waals surface area contributed by atoms with Crippen molar-refractivity contribution in [3.63, 3.8) is 0 Å². The monoisotopic (exact) mass is 342 g/mol. The Labute approximate surface area is 139 Å². The standard InChI is InChI=1S/C16H26N2O2S2/c1-3-22(20)15-6-4-5-14(10-15)18-16(19)17-12(2)9-13-7-8-21-11-13/h7-8,11-12,14-15H,3-6,9-10H2,1-2H3,(H2,17,18,19)/t12-,14+,15+,22-/m0/s1. The molecule has 1 saturated carbocycles. The Hall–Kier alpha value is -0.880. The molecule has 2 rings (SSSR count). The Morgan fingerprint density at radius 3 is 3.00 bits per heavy atom. The second-order valence-corrected chi connectivity index (χ2v) is 8.80. The van der Waals surface area contributed by atoms with Gasteiger partial charge in [-0.2, -0.15) is 11.3 Å². The van der Waals surface area contributed by atoms with E-state index in [-0.39, 0.29) is 23.4 Å². The summed E-state index contributed by atoms with van der Waals surface area (Å²) in [5.41, 5.74) is 1.26. The fourth-order valence-corrected chi connectivity index (χ4v) is 5.04. The number of hydrogen-bond donors (Lipinski definition) is 2. The quantitative estimate of drug-likeness (QED) is 0.835. The van der Waals surface area contributed by atoms with E-state index in [1.807, 2.05) is 13.8 Å². The van der Waals surface area contributed by atoms with Gasteiger partial charge in [-0.25, -0.2) is 4.79 Å². The van der Waals surface area contributed by atoms with Gasteiger partial charge in [-0.05, 0) is 55.0 Å². The second-order valence-electron chi connectivity index (χ2n) is 6.01. The van der Waals surface area contributed by atoms with E-state index in [0.29, 0.717) is 5.75 Å². The fourth-order valence-electron chi connectivity index (χ4n) is 3.01. The van der Waals surface area contributed by atoms with E-state index in [1.165, 1.54) is 5.56 Å². The molecule has 0 unspecified atom stereocenters. The highest BCUT2D eigenvalue weighted by Gasteiger charge is 2.26. The van der Waals surface area contributed by atoms with E-state index < -0.39 is 10.8 Å². The lowest BCUT2D eigenvalue weighted by Gasteiger charge is -2.29. The molecule has 0 aromatic carbocycles. The van der Waals surface area contributed by atoms with Crippen LogP contribution in [0.2, 0.25) is 0 Å². The van der Waals surface area contributed by atoms with Crippen LogP contribution in [0.1, 0.15) is 45.1 Å². The molecule has 1 fully saturated rings. The number of nitrogens with one attached hydrogen (secondary N) is 2. The molecule has 1 aromatic heterocycles. The van der Waals surface area contributed by atoms with Crippen molar-refractivity contribution < 1.29 is 9.00 Å². The molecule has 22 heavy (non-hydrogen) atoms. The smallest absolute Gasteiger partial charge is 0.315 e. The van der Waals surface area contributed by atoms with Gasteiger partial charge in [-0.15, -0.1) is 0 Å². The van der Waals surface area contributed by atoms with Crippen LogP contribution in [-0.4, -0.2) is 33.3 Å². The molecule has 1 aliphatic carbocycles. The van der Waals surface area contributed by atoms with Gasteiger partial charge in [0, 0.05) is 33.9 Å². The third kappa shape index (κ3) is 5.39. The average molecular weight is 343 g/mol. The Bertz CT molecular complexity index is 490. The van der Waals surface area contributed by atoms with Crippen molar-refractivity contribution in [1.82, 2.24) is 10.6 Å². The third-order valence-electron chi connectivity index (χ3n) is 4.12. The molecule has 6 heteroatoms. The number of hydrogen-bond acceptors (Lipinski definition) is 3. The Kier molecular flexibility index (Phi) is 6.89. The van der Waals surface area contributed by atoms with E-state index in [0.717, 1.165) is 32.1 Å². The van der Waals surface area contributed by atoms with Gasteiger partial charge < -0.3 is 10.6 Å². The van der Waals surface area contributed by atoms with Gasteiger partial charge in [0.15, 0.2) is 0 Å². The summed E-state index contributed by atoms with van der Waals surface area (Å²) in [5.74, 6) is 0.710. The van der Waals surface area contributed by atoms with E-state index in [4.69, 9.17) is 0 Å². The van der Waals surface area contributed by atoms with Crippen LogP contribution in [0.15, 0.2) is 16.8 Å². The van der Waals surface area contributed by atoms with Crippen molar-refractivity contribution in [2.24, 2.45) is 0 Å². The van der Waals surface area contributed by atoms with Crippen molar-refractivity contribution in [2.45, 2.75) is 63.3 Å². The highest BCUT2D eigenvalue weighted by Crippen LogP contribution is 2.23. The first-order valence-corrected chi connectivity index (χ1v) is 10.4. The third-order valence-corrected chi connectivity index (χ3v) is 6.59. The summed E-state index contributed by atoms with van der Waals surface area (Å²) in [6, 6.07) is 2.25. The van der Waals surface area contributed by atoms with Gasteiger partial charge in [-0.1, -0.05) is 13.3 Å². The second kappa shape index (κ2) is 8.67. The molecule has 2 amide bonds. The minimum absolute atomic E-state index is 0.101. The van der Waals surface area contributed by atoms with Crippen molar-refractivity contribution in [3.8, 4) is 0 Å². The van der Waals surface area contributed by atoms with E-state index >= 15 is 0 Å². The lowest BCUT2D eigenvalue weighted by atomic mass is 9.95. The first kappa shape index (κ1) is 17.5. The molecule has 0 radical (unpaired) electrons. The van der Waals surface area contributed by atoms with Gasteiger partial charge in [0.1, 0.15) is 0 Å². The lowest BCUT2D eigenvalue weighted by molar-refractivity contribution is 0.229. The molecule has 4 nitrogen and oxygen atoms in total. The summed E-state index contributed by atoms with van der Waals surface area (Å²) in [7, 11) is -0.752. The number of rotatable bonds is 6. The van der Waals surface area contributed by atoms with Gasteiger partial charge in [0.05, 0.1) is 0 Å². The van der Waals surface area contributed by atoms with Gasteiger partial charge in [0.2, 0.25) is 0 Å². The van der Waals surface area contributed by atoms with Gasteiger partial charge in [0.25, 0.3) is 0 Å². The van der Waals surface area contributed by atoms with Crippen LogP contribution in [-0.2, 0) is 17.2 Å². The maximum Gasteiger partial charge on any atom is 0.315 e. The minimum atomic E-state index is -0.752. The van der Waals surface area contributed by atoms with Crippen LogP contribution in [0, 0.1) is 0 Å². The number of carbonyl (C=O) groups excluding carboxylic acids is 1. The van der Waals surface area contributed by atoms with Crippen LogP contribution in [0.3, 0.4) is 0 Å². The number of urea groups is 1. The predicted molar refractivity (Wildman–Crippen MR) is 93.9 cm³/mol. The molecule has 0 saturated heterocycles. The molecule has 124 valence electrons. The SMILES string of the molecule is CC[S@](=O)[C@@H]1CCC[C@@H](NC(=O)N[C@@H](C)Cc2ccsc2)C1. The van der Waals surface area contributed by atoms with E-state index in [1.54, 1.807) is 11.3 Å². The molecule has 1 aromatic rings.